The second-order valence-corrected chi connectivity index (χ2v) is 8.15. The molecule has 0 aliphatic carbocycles. The average Bonchev–Trinajstić information content (AvgIpc) is 3.47. The van der Waals surface area contributed by atoms with Crippen LogP contribution in [0.1, 0.15) is 12.8 Å². The first-order valence-electron chi connectivity index (χ1n) is 10.3. The summed E-state index contributed by atoms with van der Waals surface area (Å²) in [6.45, 7) is 1.44. The van der Waals surface area contributed by atoms with E-state index in [0.717, 1.165) is 52.6 Å². The standard InChI is InChI=1S/C24H21N5OS/c1-3-12-22(18(9-1)24-26-20-11-2-4-13-23(20)31-24)30-16-8-7-15-29-17-21(27-28-29)19-10-5-6-14-25-19/h1-6,9-14,17H,7-8,15-16H2. The van der Waals surface area contributed by atoms with E-state index in [-0.39, 0.29) is 0 Å². The molecule has 3 heterocycles. The van der Waals surface area contributed by atoms with Crippen LogP contribution in [0.4, 0.5) is 0 Å². The fraction of sp³-hybridized carbons (Fsp3) is 0.167. The van der Waals surface area contributed by atoms with E-state index in [4.69, 9.17) is 9.72 Å². The highest BCUT2D eigenvalue weighted by Crippen LogP contribution is 2.35. The zero-order chi connectivity index (χ0) is 20.9. The number of hydrogen-bond acceptors (Lipinski definition) is 6. The average molecular weight is 428 g/mol. The van der Waals surface area contributed by atoms with Gasteiger partial charge in [-0.3, -0.25) is 9.67 Å². The monoisotopic (exact) mass is 427 g/mol. The van der Waals surface area contributed by atoms with E-state index >= 15 is 0 Å². The van der Waals surface area contributed by atoms with Crippen molar-refractivity contribution in [1.82, 2.24) is 25.0 Å². The van der Waals surface area contributed by atoms with Crippen LogP contribution in [0.2, 0.25) is 0 Å². The molecule has 0 saturated carbocycles. The third-order valence-electron chi connectivity index (χ3n) is 4.92. The Morgan fingerprint density at radius 2 is 1.74 bits per heavy atom. The summed E-state index contributed by atoms with van der Waals surface area (Å²) in [4.78, 5) is 9.08. The smallest absolute Gasteiger partial charge is 0.131 e. The van der Waals surface area contributed by atoms with Crippen molar-refractivity contribution >= 4 is 21.6 Å². The van der Waals surface area contributed by atoms with Crippen LogP contribution >= 0.6 is 11.3 Å². The molecule has 0 radical (unpaired) electrons. The number of hydrogen-bond donors (Lipinski definition) is 0. The van der Waals surface area contributed by atoms with Gasteiger partial charge in [-0.2, -0.15) is 0 Å². The summed E-state index contributed by atoms with van der Waals surface area (Å²) < 4.78 is 9.16. The minimum atomic E-state index is 0.643. The van der Waals surface area contributed by atoms with E-state index in [2.05, 4.69) is 27.4 Å². The summed E-state index contributed by atoms with van der Waals surface area (Å²) >= 11 is 1.69. The lowest BCUT2D eigenvalue weighted by Gasteiger charge is -2.09. The number of unbranched alkanes of at least 4 members (excludes halogenated alkanes) is 1. The van der Waals surface area contributed by atoms with Gasteiger partial charge in [0.15, 0.2) is 0 Å². The van der Waals surface area contributed by atoms with E-state index < -0.39 is 0 Å². The number of thiazole rings is 1. The molecule has 0 amide bonds. The van der Waals surface area contributed by atoms with Crippen molar-refractivity contribution in [2.24, 2.45) is 0 Å². The van der Waals surface area contributed by atoms with Gasteiger partial charge in [-0.1, -0.05) is 35.5 Å². The van der Waals surface area contributed by atoms with E-state index in [1.807, 2.05) is 65.5 Å². The van der Waals surface area contributed by atoms with Crippen molar-refractivity contribution in [3.63, 3.8) is 0 Å². The summed E-state index contributed by atoms with van der Waals surface area (Å²) in [5.74, 6) is 0.875. The number of aromatic nitrogens is 5. The van der Waals surface area contributed by atoms with E-state index in [1.54, 1.807) is 17.5 Å². The molecule has 0 unspecified atom stereocenters. The Balaban J connectivity index is 1.17. The Labute approximate surface area is 184 Å². The largest absolute Gasteiger partial charge is 0.493 e. The molecule has 6 nitrogen and oxygen atoms in total. The maximum atomic E-state index is 6.11. The van der Waals surface area contributed by atoms with Crippen molar-refractivity contribution in [3.05, 3.63) is 79.1 Å². The highest BCUT2D eigenvalue weighted by Gasteiger charge is 2.11. The molecule has 5 aromatic rings. The highest BCUT2D eigenvalue weighted by atomic mass is 32.1. The Hall–Kier alpha value is -3.58. The maximum absolute atomic E-state index is 6.11. The molecule has 154 valence electrons. The Morgan fingerprint density at radius 3 is 2.65 bits per heavy atom. The Bertz CT molecular complexity index is 1250. The number of rotatable bonds is 8. The van der Waals surface area contributed by atoms with Gasteiger partial charge in [0.05, 0.1) is 34.3 Å². The van der Waals surface area contributed by atoms with Gasteiger partial charge in [0.2, 0.25) is 0 Å². The van der Waals surface area contributed by atoms with Gasteiger partial charge in [-0.05, 0) is 49.2 Å². The van der Waals surface area contributed by atoms with Crippen LogP contribution in [0, 0.1) is 0 Å². The molecule has 0 bridgehead atoms. The number of fused-ring (bicyclic) bond motifs is 1. The Morgan fingerprint density at radius 1 is 0.871 bits per heavy atom. The van der Waals surface area contributed by atoms with E-state index in [1.165, 1.54) is 4.70 Å². The van der Waals surface area contributed by atoms with Crippen LogP contribution in [0.25, 0.3) is 32.2 Å². The summed E-state index contributed by atoms with van der Waals surface area (Å²) in [7, 11) is 0. The zero-order valence-corrected chi connectivity index (χ0v) is 17.7. The van der Waals surface area contributed by atoms with E-state index in [9.17, 15) is 0 Å². The second-order valence-electron chi connectivity index (χ2n) is 7.12. The quantitative estimate of drug-likeness (QED) is 0.307. The van der Waals surface area contributed by atoms with Crippen LogP contribution in [0.3, 0.4) is 0 Å². The number of pyridine rings is 1. The maximum Gasteiger partial charge on any atom is 0.131 e. The van der Waals surface area contributed by atoms with Gasteiger partial charge >= 0.3 is 0 Å². The van der Waals surface area contributed by atoms with Crippen LogP contribution in [0.5, 0.6) is 5.75 Å². The molecule has 0 atom stereocenters. The molecule has 0 N–H and O–H groups in total. The minimum Gasteiger partial charge on any atom is -0.493 e. The lowest BCUT2D eigenvalue weighted by Crippen LogP contribution is -2.03. The topological polar surface area (TPSA) is 65.7 Å². The fourth-order valence-corrected chi connectivity index (χ4v) is 4.35. The molecule has 2 aromatic carbocycles. The summed E-state index contributed by atoms with van der Waals surface area (Å²) in [5.41, 5.74) is 3.69. The first-order chi connectivity index (χ1) is 15.4. The molecule has 0 saturated heterocycles. The third-order valence-corrected chi connectivity index (χ3v) is 5.99. The second kappa shape index (κ2) is 9.06. The van der Waals surface area contributed by atoms with Gasteiger partial charge in [0, 0.05) is 12.7 Å². The third kappa shape index (κ3) is 4.46. The highest BCUT2D eigenvalue weighted by molar-refractivity contribution is 7.21. The van der Waals surface area contributed by atoms with E-state index in [0.29, 0.717) is 6.61 Å². The lowest BCUT2D eigenvalue weighted by atomic mass is 10.2. The summed E-state index contributed by atoms with van der Waals surface area (Å²) in [5, 5.41) is 9.40. The normalized spacial score (nSPS) is 11.1. The molecule has 3 aromatic heterocycles. The summed E-state index contributed by atoms with van der Waals surface area (Å²) in [6.07, 6.45) is 5.57. The number of aryl methyl sites for hydroxylation is 1. The molecule has 31 heavy (non-hydrogen) atoms. The SMILES string of the molecule is c1ccc(-c2cn(CCCCOc3ccccc3-c3nc4ccccc4s3)nn2)nc1. The minimum absolute atomic E-state index is 0.643. The number of ether oxygens (including phenoxy) is 1. The predicted octanol–water partition coefficient (Wildman–Crippen LogP) is 5.48. The van der Waals surface area contributed by atoms with Crippen molar-refractivity contribution in [3.8, 4) is 27.7 Å². The molecular formula is C24H21N5OS. The summed E-state index contributed by atoms with van der Waals surface area (Å²) in [6, 6.07) is 22.1. The van der Waals surface area contributed by atoms with Crippen molar-refractivity contribution < 1.29 is 4.74 Å². The first-order valence-corrected chi connectivity index (χ1v) is 11.1. The number of nitrogens with zero attached hydrogens (tertiary/aromatic N) is 5. The Kier molecular flexibility index (Phi) is 5.66. The zero-order valence-electron chi connectivity index (χ0n) is 16.9. The van der Waals surface area contributed by atoms with Crippen molar-refractivity contribution in [2.45, 2.75) is 19.4 Å². The molecule has 0 aliphatic heterocycles. The molecule has 5 rings (SSSR count). The molecule has 0 fully saturated rings. The van der Waals surface area contributed by atoms with Gasteiger partial charge in [0.25, 0.3) is 0 Å². The van der Waals surface area contributed by atoms with Crippen LogP contribution in [-0.4, -0.2) is 31.6 Å². The fourth-order valence-electron chi connectivity index (χ4n) is 3.35. The van der Waals surface area contributed by atoms with Gasteiger partial charge in [-0.15, -0.1) is 16.4 Å². The molecule has 0 spiro atoms. The predicted molar refractivity (Wildman–Crippen MR) is 123 cm³/mol. The van der Waals surface area contributed by atoms with Crippen molar-refractivity contribution in [1.29, 1.82) is 0 Å². The van der Waals surface area contributed by atoms with Crippen LogP contribution in [0.15, 0.2) is 79.1 Å². The number of benzene rings is 2. The molecule has 0 aliphatic rings. The van der Waals surface area contributed by atoms with Gasteiger partial charge in [0.1, 0.15) is 16.5 Å². The molecular weight excluding hydrogens is 406 g/mol. The van der Waals surface area contributed by atoms with Crippen LogP contribution < -0.4 is 4.74 Å². The van der Waals surface area contributed by atoms with Gasteiger partial charge in [-0.25, -0.2) is 4.98 Å². The van der Waals surface area contributed by atoms with Gasteiger partial charge < -0.3 is 4.74 Å². The lowest BCUT2D eigenvalue weighted by molar-refractivity contribution is 0.302. The molecule has 7 heteroatoms. The van der Waals surface area contributed by atoms with Crippen LogP contribution in [-0.2, 0) is 6.54 Å². The number of para-hydroxylation sites is 2. The van der Waals surface area contributed by atoms with Crippen molar-refractivity contribution in [2.75, 3.05) is 6.61 Å². The first kappa shape index (κ1) is 19.4.